The van der Waals surface area contributed by atoms with Gasteiger partial charge < -0.3 is 14.6 Å². The van der Waals surface area contributed by atoms with Gasteiger partial charge in [-0.3, -0.25) is 0 Å². The van der Waals surface area contributed by atoms with Crippen LogP contribution < -0.4 is 0 Å². The first-order valence-corrected chi connectivity index (χ1v) is 6.26. The van der Waals surface area contributed by atoms with E-state index in [1.54, 1.807) is 0 Å². The fraction of sp³-hybridized carbons (Fsp3) is 0.615. The molecular weight excluding hydrogens is 307 g/mol. The van der Waals surface area contributed by atoms with Crippen molar-refractivity contribution in [3.63, 3.8) is 0 Å². The summed E-state index contributed by atoms with van der Waals surface area (Å²) >= 11 is 0. The van der Waals surface area contributed by atoms with E-state index in [1.807, 2.05) is 0 Å². The molecule has 0 unspecified atom stereocenters. The van der Waals surface area contributed by atoms with Gasteiger partial charge in [0.2, 0.25) is 0 Å². The number of methoxy groups -OCH3 is 1. The lowest BCUT2D eigenvalue weighted by Crippen LogP contribution is -2.57. The van der Waals surface area contributed by atoms with Gasteiger partial charge in [-0.25, -0.2) is 9.59 Å². The fourth-order valence-electron chi connectivity index (χ4n) is 1.73. The van der Waals surface area contributed by atoms with Crippen LogP contribution >= 0.6 is 0 Å². The molecule has 124 valence electrons. The Morgan fingerprint density at radius 3 is 2.23 bits per heavy atom. The van der Waals surface area contributed by atoms with Crippen LogP contribution in [0.3, 0.4) is 0 Å². The Morgan fingerprint density at radius 1 is 1.36 bits per heavy atom. The van der Waals surface area contributed by atoms with E-state index in [4.69, 9.17) is 5.26 Å². The van der Waals surface area contributed by atoms with Crippen LogP contribution in [0.4, 0.5) is 13.2 Å². The minimum absolute atomic E-state index is 0.0881. The third kappa shape index (κ3) is 3.98. The smallest absolute Gasteiger partial charge is 0.428 e. The number of aliphatic hydroxyl groups is 1. The van der Waals surface area contributed by atoms with Gasteiger partial charge in [-0.05, 0) is 13.3 Å². The Bertz CT molecular complexity index is 495. The zero-order valence-corrected chi connectivity index (χ0v) is 12.2. The molecule has 22 heavy (non-hydrogen) atoms. The average Bonchev–Trinajstić information content (AvgIpc) is 2.45. The molecule has 0 bridgehead atoms. The van der Waals surface area contributed by atoms with E-state index in [0.717, 1.165) is 0 Å². The van der Waals surface area contributed by atoms with Gasteiger partial charge in [0, 0.05) is 5.92 Å². The maximum atomic E-state index is 13.1. The van der Waals surface area contributed by atoms with Crippen LogP contribution in [0, 0.1) is 17.2 Å². The molecule has 2 atom stereocenters. The van der Waals surface area contributed by atoms with Crippen LogP contribution in [0.15, 0.2) is 11.6 Å². The highest BCUT2D eigenvalue weighted by molar-refractivity contribution is 5.93. The second-order valence-corrected chi connectivity index (χ2v) is 4.18. The molecule has 0 aromatic carbocycles. The number of alkyl halides is 3. The number of carbonyl (C=O) groups is 2. The molecular formula is C13H16F3NO5. The number of hydrogen-bond acceptors (Lipinski definition) is 6. The molecule has 0 heterocycles. The van der Waals surface area contributed by atoms with Gasteiger partial charge in [0.05, 0.1) is 13.7 Å². The summed E-state index contributed by atoms with van der Waals surface area (Å²) in [5.74, 6) is -4.96. The first kappa shape index (κ1) is 19.9. The number of hydrogen-bond donors (Lipinski definition) is 1. The van der Waals surface area contributed by atoms with Crippen molar-refractivity contribution < 1.29 is 37.3 Å². The SMILES string of the molecule is CCOC(=O)/C(C#N)=C/[C@@H](CC)[C@@](O)(C(=O)OC)C(F)(F)F. The lowest BCUT2D eigenvalue weighted by Gasteiger charge is -2.33. The number of rotatable bonds is 6. The monoisotopic (exact) mass is 323 g/mol. The molecule has 6 nitrogen and oxygen atoms in total. The van der Waals surface area contributed by atoms with Gasteiger partial charge in [0.25, 0.3) is 5.60 Å². The first-order chi connectivity index (χ1) is 10.1. The number of carbonyl (C=O) groups excluding carboxylic acids is 2. The van der Waals surface area contributed by atoms with E-state index < -0.39 is 35.2 Å². The molecule has 0 aliphatic rings. The van der Waals surface area contributed by atoms with Gasteiger partial charge in [-0.2, -0.15) is 18.4 Å². The highest BCUT2D eigenvalue weighted by Gasteiger charge is 2.64. The Morgan fingerprint density at radius 2 is 1.91 bits per heavy atom. The van der Waals surface area contributed by atoms with Crippen LogP contribution in [-0.4, -0.2) is 42.5 Å². The maximum Gasteiger partial charge on any atom is 0.428 e. The van der Waals surface area contributed by atoms with Crippen molar-refractivity contribution in [1.82, 2.24) is 0 Å². The summed E-state index contributed by atoms with van der Waals surface area (Å²) in [6, 6.07) is 1.39. The number of halogens is 3. The maximum absolute atomic E-state index is 13.1. The Kier molecular flexibility index (Phi) is 7.06. The fourth-order valence-corrected chi connectivity index (χ4v) is 1.73. The van der Waals surface area contributed by atoms with E-state index in [2.05, 4.69) is 9.47 Å². The minimum Gasteiger partial charge on any atom is -0.467 e. The van der Waals surface area contributed by atoms with Crippen molar-refractivity contribution in [3.05, 3.63) is 11.6 Å². The van der Waals surface area contributed by atoms with E-state index in [0.29, 0.717) is 13.2 Å². The van der Waals surface area contributed by atoms with Gasteiger partial charge in [-0.1, -0.05) is 13.0 Å². The predicted octanol–water partition coefficient (Wildman–Crippen LogP) is 1.49. The average molecular weight is 323 g/mol. The lowest BCUT2D eigenvalue weighted by molar-refractivity contribution is -0.273. The largest absolute Gasteiger partial charge is 0.467 e. The molecule has 0 aliphatic heterocycles. The summed E-state index contributed by atoms with van der Waals surface area (Å²) in [5, 5.41) is 18.7. The van der Waals surface area contributed by atoms with Crippen molar-refractivity contribution in [3.8, 4) is 6.07 Å². The molecule has 1 N–H and O–H groups in total. The molecule has 0 amide bonds. The zero-order valence-electron chi connectivity index (χ0n) is 12.2. The predicted molar refractivity (Wildman–Crippen MR) is 67.1 cm³/mol. The molecule has 0 rings (SSSR count). The van der Waals surface area contributed by atoms with E-state index in [1.165, 1.54) is 19.9 Å². The summed E-state index contributed by atoms with van der Waals surface area (Å²) in [4.78, 5) is 22.9. The quantitative estimate of drug-likeness (QED) is 0.452. The van der Waals surface area contributed by atoms with Crippen molar-refractivity contribution in [1.29, 1.82) is 5.26 Å². The van der Waals surface area contributed by atoms with Gasteiger partial charge in [-0.15, -0.1) is 0 Å². The van der Waals surface area contributed by atoms with Crippen LogP contribution in [-0.2, 0) is 19.1 Å². The van der Waals surface area contributed by atoms with Crippen molar-refractivity contribution in [2.24, 2.45) is 5.92 Å². The van der Waals surface area contributed by atoms with Crippen LogP contribution in [0.25, 0.3) is 0 Å². The topological polar surface area (TPSA) is 96.6 Å². The standard InChI is InChI=1S/C13H16F3NO5/c1-4-9(6-8(7-17)10(18)22-5-2)12(20,11(19)21-3)13(14,15)16/h6,9,20H,4-5H2,1-3H3/b8-6+/t9-,12-/m1/s1. The van der Waals surface area contributed by atoms with Crippen molar-refractivity contribution >= 4 is 11.9 Å². The number of ether oxygens (including phenoxy) is 2. The van der Waals surface area contributed by atoms with Gasteiger partial charge in [0.1, 0.15) is 11.6 Å². The highest BCUT2D eigenvalue weighted by Crippen LogP contribution is 2.40. The van der Waals surface area contributed by atoms with Crippen LogP contribution in [0.2, 0.25) is 0 Å². The van der Waals surface area contributed by atoms with Crippen LogP contribution in [0.1, 0.15) is 20.3 Å². The molecule has 9 heteroatoms. The molecule has 0 spiro atoms. The minimum atomic E-state index is -5.35. The Labute approximate surface area is 125 Å². The third-order valence-electron chi connectivity index (χ3n) is 2.89. The van der Waals surface area contributed by atoms with Crippen molar-refractivity contribution in [2.75, 3.05) is 13.7 Å². The van der Waals surface area contributed by atoms with Crippen molar-refractivity contribution in [2.45, 2.75) is 32.0 Å². The molecule has 0 aromatic heterocycles. The lowest BCUT2D eigenvalue weighted by atomic mass is 9.83. The molecule has 0 fully saturated rings. The second kappa shape index (κ2) is 7.79. The van der Waals surface area contributed by atoms with Gasteiger partial charge >= 0.3 is 18.1 Å². The molecule has 0 aromatic rings. The molecule has 0 aliphatic carbocycles. The van der Waals surface area contributed by atoms with Gasteiger partial charge in [0.15, 0.2) is 0 Å². The Balaban J connectivity index is 5.94. The molecule has 0 radical (unpaired) electrons. The number of nitriles is 1. The second-order valence-electron chi connectivity index (χ2n) is 4.18. The Hall–Kier alpha value is -2.08. The first-order valence-electron chi connectivity index (χ1n) is 6.26. The highest BCUT2D eigenvalue weighted by atomic mass is 19.4. The van der Waals surface area contributed by atoms with E-state index in [-0.39, 0.29) is 13.0 Å². The molecule has 0 saturated heterocycles. The summed E-state index contributed by atoms with van der Waals surface area (Å²) in [6.07, 6.45) is -5.16. The normalized spacial score (nSPS) is 16.2. The van der Waals surface area contributed by atoms with E-state index in [9.17, 15) is 27.9 Å². The zero-order chi connectivity index (χ0) is 17.6. The summed E-state index contributed by atoms with van der Waals surface area (Å²) in [7, 11) is 0.687. The number of esters is 2. The number of nitrogens with zero attached hydrogens (tertiary/aromatic N) is 1. The summed E-state index contributed by atoms with van der Waals surface area (Å²) in [5.41, 5.74) is -4.61. The van der Waals surface area contributed by atoms with Crippen LogP contribution in [0.5, 0.6) is 0 Å². The summed E-state index contributed by atoms with van der Waals surface area (Å²) < 4.78 is 47.8. The van der Waals surface area contributed by atoms with E-state index >= 15 is 0 Å². The third-order valence-corrected chi connectivity index (χ3v) is 2.89. The summed E-state index contributed by atoms with van der Waals surface area (Å²) in [6.45, 7) is 2.61. The molecule has 0 saturated carbocycles.